The minimum atomic E-state index is -3.10. The molecule has 136 valence electrons. The Morgan fingerprint density at radius 2 is 1.77 bits per heavy atom. The molecule has 0 spiro atoms. The van der Waals surface area contributed by atoms with E-state index in [1.807, 2.05) is 0 Å². The summed E-state index contributed by atoms with van der Waals surface area (Å²) in [4.78, 5) is 12.8. The molecule has 0 radical (unpaired) electrons. The van der Waals surface area contributed by atoms with Gasteiger partial charge in [0.2, 0.25) is 0 Å². The van der Waals surface area contributed by atoms with Crippen LogP contribution in [0, 0.1) is 5.82 Å². The lowest BCUT2D eigenvalue weighted by atomic mass is 10.0. The second kappa shape index (κ2) is 7.60. The van der Waals surface area contributed by atoms with E-state index in [-0.39, 0.29) is 11.5 Å². The van der Waals surface area contributed by atoms with Crippen LogP contribution < -0.4 is 5.32 Å². The Hall–Kier alpha value is -2.18. The van der Waals surface area contributed by atoms with Crippen molar-refractivity contribution >= 4 is 39.0 Å². The Balaban J connectivity index is 1.90. The molecule has 4 nitrogen and oxygen atoms in total. The van der Waals surface area contributed by atoms with Crippen LogP contribution in [-0.4, -0.2) is 31.9 Å². The molecular formula is C19H17ClFNO3S. The first-order chi connectivity index (χ1) is 12.3. The van der Waals surface area contributed by atoms with Gasteiger partial charge in [0.15, 0.2) is 9.84 Å². The minimum absolute atomic E-state index is 0.0591. The first-order valence-corrected chi connectivity index (χ1v) is 10.3. The molecule has 1 heterocycles. The fraction of sp³-hybridized carbons (Fsp3) is 0.211. The molecule has 1 aliphatic rings. The van der Waals surface area contributed by atoms with Gasteiger partial charge >= 0.3 is 0 Å². The molecule has 1 N–H and O–H groups in total. The number of sulfone groups is 1. The quantitative estimate of drug-likeness (QED) is 0.640. The van der Waals surface area contributed by atoms with Crippen molar-refractivity contribution < 1.29 is 17.6 Å². The van der Waals surface area contributed by atoms with E-state index in [0.29, 0.717) is 22.6 Å². The van der Waals surface area contributed by atoms with E-state index in [9.17, 15) is 17.6 Å². The lowest BCUT2D eigenvalue weighted by molar-refractivity contribution is -0.116. The van der Waals surface area contributed by atoms with Crippen LogP contribution in [0.1, 0.15) is 17.5 Å². The van der Waals surface area contributed by atoms with Crippen molar-refractivity contribution in [3.8, 4) is 0 Å². The van der Waals surface area contributed by atoms with Crippen LogP contribution in [0.3, 0.4) is 0 Å². The molecule has 0 bridgehead atoms. The summed E-state index contributed by atoms with van der Waals surface area (Å²) in [7, 11) is -3.10. The van der Waals surface area contributed by atoms with Crippen molar-refractivity contribution in [3.63, 3.8) is 0 Å². The Morgan fingerprint density at radius 1 is 1.12 bits per heavy atom. The molecule has 0 aromatic heterocycles. The van der Waals surface area contributed by atoms with Gasteiger partial charge < -0.3 is 5.32 Å². The van der Waals surface area contributed by atoms with Gasteiger partial charge in [0, 0.05) is 16.6 Å². The van der Waals surface area contributed by atoms with Crippen LogP contribution in [0.15, 0.2) is 48.5 Å². The maximum Gasteiger partial charge on any atom is 0.252 e. The number of hydrogen-bond acceptors (Lipinski definition) is 3. The molecule has 1 fully saturated rings. The number of benzene rings is 2. The molecule has 1 amide bonds. The number of amides is 1. The van der Waals surface area contributed by atoms with Crippen molar-refractivity contribution in [2.45, 2.75) is 12.5 Å². The highest BCUT2D eigenvalue weighted by Crippen LogP contribution is 2.22. The minimum Gasteiger partial charge on any atom is -0.348 e. The Kier molecular flexibility index (Phi) is 5.44. The van der Waals surface area contributed by atoms with Gasteiger partial charge in [-0.3, -0.25) is 4.79 Å². The average Bonchev–Trinajstić information content (AvgIpc) is 2.94. The van der Waals surface area contributed by atoms with Gasteiger partial charge in [-0.2, -0.15) is 0 Å². The average molecular weight is 394 g/mol. The molecule has 1 saturated heterocycles. The van der Waals surface area contributed by atoms with Crippen LogP contribution in [0.4, 0.5) is 4.39 Å². The molecular weight excluding hydrogens is 377 g/mol. The highest BCUT2D eigenvalue weighted by Gasteiger charge is 2.29. The van der Waals surface area contributed by atoms with Gasteiger partial charge in [-0.1, -0.05) is 35.9 Å². The summed E-state index contributed by atoms with van der Waals surface area (Å²) in [5, 5.41) is 3.35. The summed E-state index contributed by atoms with van der Waals surface area (Å²) in [6.07, 6.45) is 2.06. The van der Waals surface area contributed by atoms with Crippen LogP contribution in [0.25, 0.3) is 11.6 Å². The molecule has 7 heteroatoms. The van der Waals surface area contributed by atoms with Gasteiger partial charge in [0.05, 0.1) is 11.5 Å². The predicted molar refractivity (Wildman–Crippen MR) is 101 cm³/mol. The van der Waals surface area contributed by atoms with Crippen LogP contribution >= 0.6 is 11.6 Å². The summed E-state index contributed by atoms with van der Waals surface area (Å²) in [5.41, 5.74) is 1.62. The van der Waals surface area contributed by atoms with E-state index in [2.05, 4.69) is 5.32 Å². The van der Waals surface area contributed by atoms with Crippen LogP contribution in [0.5, 0.6) is 0 Å². The molecule has 0 saturated carbocycles. The molecule has 26 heavy (non-hydrogen) atoms. The number of carbonyl (C=O) groups is 1. The number of carbonyl (C=O) groups excluding carboxylic acids is 1. The molecule has 0 aliphatic carbocycles. The SMILES string of the molecule is O=C(NC1CCS(=O)(=O)C1)/C(=C/c1ccc(Cl)cc1)c1ccc(F)cc1. The van der Waals surface area contributed by atoms with E-state index in [4.69, 9.17) is 11.6 Å². The first-order valence-electron chi connectivity index (χ1n) is 8.07. The van der Waals surface area contributed by atoms with E-state index < -0.39 is 27.6 Å². The number of nitrogens with one attached hydrogen (secondary N) is 1. The summed E-state index contributed by atoms with van der Waals surface area (Å²) in [6, 6.07) is 12.1. The smallest absolute Gasteiger partial charge is 0.252 e. The van der Waals surface area contributed by atoms with Crippen molar-refractivity contribution in [3.05, 3.63) is 70.5 Å². The highest BCUT2D eigenvalue weighted by molar-refractivity contribution is 7.91. The van der Waals surface area contributed by atoms with E-state index in [1.165, 1.54) is 24.3 Å². The summed E-state index contributed by atoms with van der Waals surface area (Å²) in [6.45, 7) is 0. The lowest BCUT2D eigenvalue weighted by Gasteiger charge is -2.14. The second-order valence-corrected chi connectivity index (χ2v) is 8.86. The molecule has 1 atom stereocenters. The number of hydrogen-bond donors (Lipinski definition) is 1. The second-order valence-electron chi connectivity index (χ2n) is 6.19. The zero-order valence-electron chi connectivity index (χ0n) is 13.8. The Morgan fingerprint density at radius 3 is 2.35 bits per heavy atom. The van der Waals surface area contributed by atoms with E-state index in [0.717, 1.165) is 5.56 Å². The first kappa shape index (κ1) is 18.6. The number of rotatable bonds is 4. The zero-order chi connectivity index (χ0) is 18.7. The third-order valence-electron chi connectivity index (χ3n) is 4.15. The predicted octanol–water partition coefficient (Wildman–Crippen LogP) is 3.32. The van der Waals surface area contributed by atoms with Gasteiger partial charge in [-0.05, 0) is 47.9 Å². The summed E-state index contributed by atoms with van der Waals surface area (Å²) in [5.74, 6) is -0.781. The third kappa shape index (κ3) is 4.71. The van der Waals surface area contributed by atoms with Crippen LogP contribution in [0.2, 0.25) is 5.02 Å². The summed E-state index contributed by atoms with van der Waals surface area (Å²) < 4.78 is 36.4. The lowest BCUT2D eigenvalue weighted by Crippen LogP contribution is -2.36. The van der Waals surface area contributed by atoms with Gasteiger partial charge in [-0.25, -0.2) is 12.8 Å². The fourth-order valence-electron chi connectivity index (χ4n) is 2.81. The topological polar surface area (TPSA) is 63.2 Å². The van der Waals surface area contributed by atoms with Gasteiger partial charge in [-0.15, -0.1) is 0 Å². The standard InChI is InChI=1S/C19H17ClFNO3S/c20-15-5-1-13(2-6-15)11-18(14-3-7-16(21)8-4-14)19(23)22-17-9-10-26(24,25)12-17/h1-8,11,17H,9-10,12H2,(H,22,23)/b18-11+. The van der Waals surface area contributed by atoms with Crippen molar-refractivity contribution in [2.75, 3.05) is 11.5 Å². The number of halogens is 2. The Bertz CT molecular complexity index is 938. The van der Waals surface area contributed by atoms with E-state index in [1.54, 1.807) is 30.3 Å². The fourth-order valence-corrected chi connectivity index (χ4v) is 4.61. The van der Waals surface area contributed by atoms with Gasteiger partial charge in [0.25, 0.3) is 5.91 Å². The largest absolute Gasteiger partial charge is 0.348 e. The summed E-state index contributed by atoms with van der Waals surface area (Å²) >= 11 is 5.89. The van der Waals surface area contributed by atoms with E-state index >= 15 is 0 Å². The van der Waals surface area contributed by atoms with Crippen molar-refractivity contribution in [1.29, 1.82) is 0 Å². The maximum absolute atomic E-state index is 13.2. The Labute approximate surface area is 156 Å². The zero-order valence-corrected chi connectivity index (χ0v) is 15.4. The van der Waals surface area contributed by atoms with Crippen molar-refractivity contribution in [2.24, 2.45) is 0 Å². The normalized spacial score (nSPS) is 19.3. The monoisotopic (exact) mass is 393 g/mol. The van der Waals surface area contributed by atoms with Crippen molar-refractivity contribution in [1.82, 2.24) is 5.32 Å². The molecule has 1 unspecified atom stereocenters. The molecule has 3 rings (SSSR count). The van der Waals surface area contributed by atoms with Gasteiger partial charge in [0.1, 0.15) is 5.82 Å². The third-order valence-corrected chi connectivity index (χ3v) is 6.17. The molecule has 2 aromatic carbocycles. The highest BCUT2D eigenvalue weighted by atomic mass is 35.5. The molecule has 2 aromatic rings. The molecule has 1 aliphatic heterocycles. The van der Waals surface area contributed by atoms with Crippen LogP contribution in [-0.2, 0) is 14.6 Å². The maximum atomic E-state index is 13.2.